The number of rotatable bonds is 5. The van der Waals surface area contributed by atoms with E-state index >= 15 is 0 Å². The van der Waals surface area contributed by atoms with E-state index in [4.69, 9.17) is 16.9 Å². The minimum absolute atomic E-state index is 0.176. The highest BCUT2D eigenvalue weighted by Gasteiger charge is 2.12. The summed E-state index contributed by atoms with van der Waals surface area (Å²) in [5.74, 6) is -1.11. The van der Waals surface area contributed by atoms with Gasteiger partial charge in [0, 0.05) is 23.3 Å². The normalized spacial score (nSPS) is 10.6. The van der Waals surface area contributed by atoms with Crippen LogP contribution in [0.2, 0.25) is 5.02 Å². The van der Waals surface area contributed by atoms with Crippen LogP contribution >= 0.6 is 11.6 Å². The first-order valence-electron chi connectivity index (χ1n) is 6.03. The molecule has 20 heavy (non-hydrogen) atoms. The molecular weight excluding hydrogens is 278 g/mol. The SMILES string of the molecule is CCCC(=O)NC(=O)/C(C#N)=C/Nc1ccc(Cl)cc1. The number of anilines is 1. The van der Waals surface area contributed by atoms with E-state index in [-0.39, 0.29) is 12.0 Å². The quantitative estimate of drug-likeness (QED) is 0.645. The van der Waals surface area contributed by atoms with E-state index in [0.29, 0.717) is 17.1 Å². The van der Waals surface area contributed by atoms with Gasteiger partial charge in [-0.25, -0.2) is 0 Å². The van der Waals surface area contributed by atoms with Gasteiger partial charge in [0.05, 0.1) is 0 Å². The van der Waals surface area contributed by atoms with Crippen LogP contribution in [0.1, 0.15) is 19.8 Å². The van der Waals surface area contributed by atoms with Crippen molar-refractivity contribution in [2.75, 3.05) is 5.32 Å². The lowest BCUT2D eigenvalue weighted by atomic mass is 10.2. The Morgan fingerprint density at radius 1 is 1.35 bits per heavy atom. The zero-order valence-corrected chi connectivity index (χ0v) is 11.7. The summed E-state index contributed by atoms with van der Waals surface area (Å²) in [4.78, 5) is 22.9. The average molecular weight is 292 g/mol. The second-order valence-electron chi connectivity index (χ2n) is 3.95. The lowest BCUT2D eigenvalue weighted by molar-refractivity contribution is -0.128. The summed E-state index contributed by atoms with van der Waals surface area (Å²) in [7, 11) is 0. The second-order valence-corrected chi connectivity index (χ2v) is 4.38. The molecule has 6 heteroatoms. The minimum atomic E-state index is -0.715. The highest BCUT2D eigenvalue weighted by atomic mass is 35.5. The van der Waals surface area contributed by atoms with Crippen LogP contribution in [0.25, 0.3) is 0 Å². The van der Waals surface area contributed by atoms with Crippen LogP contribution in [-0.4, -0.2) is 11.8 Å². The van der Waals surface area contributed by atoms with Gasteiger partial charge in [0.2, 0.25) is 5.91 Å². The summed E-state index contributed by atoms with van der Waals surface area (Å²) in [5.41, 5.74) is 0.499. The highest BCUT2D eigenvalue weighted by Crippen LogP contribution is 2.13. The van der Waals surface area contributed by atoms with E-state index in [0.717, 1.165) is 0 Å². The zero-order valence-electron chi connectivity index (χ0n) is 10.9. The zero-order chi connectivity index (χ0) is 15.0. The van der Waals surface area contributed by atoms with E-state index in [1.54, 1.807) is 30.3 Å². The first-order valence-corrected chi connectivity index (χ1v) is 6.41. The molecule has 0 saturated heterocycles. The maximum atomic E-state index is 11.7. The maximum Gasteiger partial charge on any atom is 0.269 e. The predicted molar refractivity (Wildman–Crippen MR) is 76.8 cm³/mol. The number of hydrogen-bond donors (Lipinski definition) is 2. The summed E-state index contributed by atoms with van der Waals surface area (Å²) in [6.07, 6.45) is 2.13. The van der Waals surface area contributed by atoms with Crippen LogP contribution in [0.5, 0.6) is 0 Å². The largest absolute Gasteiger partial charge is 0.360 e. The molecule has 0 aliphatic heterocycles. The molecule has 2 N–H and O–H groups in total. The predicted octanol–water partition coefficient (Wildman–Crippen LogP) is 2.60. The lowest BCUT2D eigenvalue weighted by Gasteiger charge is -2.03. The fraction of sp³-hybridized carbons (Fsp3) is 0.214. The smallest absolute Gasteiger partial charge is 0.269 e. The molecule has 0 radical (unpaired) electrons. The first kappa shape index (κ1) is 15.7. The molecule has 0 saturated carbocycles. The standard InChI is InChI=1S/C14H14ClN3O2/c1-2-3-13(19)18-14(20)10(8-16)9-17-12-6-4-11(15)5-7-12/h4-7,9,17H,2-3H2,1H3,(H,18,19,20)/b10-9+. The molecule has 1 aromatic rings. The van der Waals surface area contributed by atoms with Crippen molar-refractivity contribution in [1.82, 2.24) is 5.32 Å². The highest BCUT2D eigenvalue weighted by molar-refractivity contribution is 6.30. The Morgan fingerprint density at radius 2 is 2.00 bits per heavy atom. The van der Waals surface area contributed by atoms with Crippen molar-refractivity contribution in [1.29, 1.82) is 5.26 Å². The van der Waals surface area contributed by atoms with Gasteiger partial charge in [-0.2, -0.15) is 5.26 Å². The molecule has 2 amide bonds. The molecule has 0 aliphatic rings. The molecule has 0 spiro atoms. The van der Waals surface area contributed by atoms with Gasteiger partial charge in [0.15, 0.2) is 0 Å². The number of nitrogens with one attached hydrogen (secondary N) is 2. The first-order chi connectivity index (χ1) is 9.56. The summed E-state index contributed by atoms with van der Waals surface area (Å²) < 4.78 is 0. The summed E-state index contributed by atoms with van der Waals surface area (Å²) >= 11 is 5.74. The fourth-order valence-electron chi connectivity index (χ4n) is 1.33. The van der Waals surface area contributed by atoms with E-state index in [1.807, 2.05) is 6.92 Å². The Balaban J connectivity index is 2.68. The van der Waals surface area contributed by atoms with E-state index in [1.165, 1.54) is 6.20 Å². The van der Waals surface area contributed by atoms with Gasteiger partial charge in [-0.3, -0.25) is 14.9 Å². The van der Waals surface area contributed by atoms with Crippen LogP contribution in [-0.2, 0) is 9.59 Å². The molecule has 1 aromatic carbocycles. The number of halogens is 1. The molecule has 0 aliphatic carbocycles. The van der Waals surface area contributed by atoms with Gasteiger partial charge in [-0.05, 0) is 30.7 Å². The van der Waals surface area contributed by atoms with Gasteiger partial charge in [-0.1, -0.05) is 18.5 Å². The van der Waals surface area contributed by atoms with Gasteiger partial charge in [-0.15, -0.1) is 0 Å². The summed E-state index contributed by atoms with van der Waals surface area (Å²) in [6, 6.07) is 8.49. The third-order valence-corrected chi connectivity index (χ3v) is 2.57. The van der Waals surface area contributed by atoms with Crippen molar-refractivity contribution in [3.8, 4) is 6.07 Å². The molecule has 0 fully saturated rings. The number of imide groups is 1. The second kappa shape index (κ2) is 7.97. The third kappa shape index (κ3) is 5.12. The molecular formula is C14H14ClN3O2. The van der Waals surface area contributed by atoms with Crippen molar-refractivity contribution in [2.24, 2.45) is 0 Å². The van der Waals surface area contributed by atoms with Crippen LogP contribution in [0, 0.1) is 11.3 Å². The number of hydrogen-bond acceptors (Lipinski definition) is 4. The topological polar surface area (TPSA) is 82.0 Å². The van der Waals surface area contributed by atoms with Gasteiger partial charge < -0.3 is 5.32 Å². The van der Waals surface area contributed by atoms with E-state index < -0.39 is 11.8 Å². The van der Waals surface area contributed by atoms with Gasteiger partial charge in [0.1, 0.15) is 11.6 Å². The molecule has 104 valence electrons. The molecule has 5 nitrogen and oxygen atoms in total. The van der Waals surface area contributed by atoms with Crippen molar-refractivity contribution in [3.05, 3.63) is 41.1 Å². The van der Waals surface area contributed by atoms with Crippen molar-refractivity contribution < 1.29 is 9.59 Å². The Bertz CT molecular complexity index is 559. The van der Waals surface area contributed by atoms with Crippen LogP contribution in [0.15, 0.2) is 36.0 Å². The molecule has 0 unspecified atom stereocenters. The van der Waals surface area contributed by atoms with Crippen molar-refractivity contribution in [3.63, 3.8) is 0 Å². The van der Waals surface area contributed by atoms with E-state index in [2.05, 4.69) is 10.6 Å². The fourth-order valence-corrected chi connectivity index (χ4v) is 1.46. The van der Waals surface area contributed by atoms with Gasteiger partial charge >= 0.3 is 0 Å². The number of carbonyl (C=O) groups is 2. The third-order valence-electron chi connectivity index (χ3n) is 2.32. The number of amides is 2. The Hall–Kier alpha value is -2.32. The number of carbonyl (C=O) groups excluding carboxylic acids is 2. The molecule has 0 heterocycles. The summed E-state index contributed by atoms with van der Waals surface area (Å²) in [5, 5.41) is 14.4. The number of nitrogens with zero attached hydrogens (tertiary/aromatic N) is 1. The Kier molecular flexibility index (Phi) is 6.27. The molecule has 0 atom stereocenters. The number of benzene rings is 1. The molecule has 0 bridgehead atoms. The van der Waals surface area contributed by atoms with Crippen LogP contribution < -0.4 is 10.6 Å². The maximum absolute atomic E-state index is 11.7. The van der Waals surface area contributed by atoms with Gasteiger partial charge in [0.25, 0.3) is 5.91 Å². The Morgan fingerprint density at radius 3 is 2.55 bits per heavy atom. The molecule has 0 aromatic heterocycles. The lowest BCUT2D eigenvalue weighted by Crippen LogP contribution is -2.31. The monoisotopic (exact) mass is 291 g/mol. The average Bonchev–Trinajstić information content (AvgIpc) is 2.41. The van der Waals surface area contributed by atoms with Crippen LogP contribution in [0.4, 0.5) is 5.69 Å². The molecule has 1 rings (SSSR count). The van der Waals surface area contributed by atoms with Crippen molar-refractivity contribution in [2.45, 2.75) is 19.8 Å². The van der Waals surface area contributed by atoms with Crippen LogP contribution in [0.3, 0.4) is 0 Å². The van der Waals surface area contributed by atoms with Crippen molar-refractivity contribution >= 4 is 29.1 Å². The minimum Gasteiger partial charge on any atom is -0.360 e. The summed E-state index contributed by atoms with van der Waals surface area (Å²) in [6.45, 7) is 1.83. The number of nitriles is 1. The van der Waals surface area contributed by atoms with E-state index in [9.17, 15) is 9.59 Å². The Labute approximate surface area is 122 Å².